The molecule has 1 aromatic heterocycles. The minimum absolute atomic E-state index is 0.160. The molecular formula is C24H25ClN4O4. The number of carboxylic acid groups (broad SMARTS) is 1. The summed E-state index contributed by atoms with van der Waals surface area (Å²) in [7, 11) is 1.60. The van der Waals surface area contributed by atoms with Crippen molar-refractivity contribution in [3.05, 3.63) is 58.6 Å². The summed E-state index contributed by atoms with van der Waals surface area (Å²) in [5.74, 6) is 0.547. The first kappa shape index (κ1) is 22.8. The van der Waals surface area contributed by atoms with E-state index in [9.17, 15) is 14.7 Å². The molecule has 33 heavy (non-hydrogen) atoms. The molecule has 1 aliphatic heterocycles. The molecule has 0 spiro atoms. The zero-order chi connectivity index (χ0) is 23.7. The number of fused-ring (bicyclic) bond motifs is 1. The second kappa shape index (κ2) is 9.25. The van der Waals surface area contributed by atoms with Crippen LogP contribution in [0.4, 0.5) is 4.79 Å². The molecule has 8 nitrogen and oxygen atoms in total. The minimum atomic E-state index is -0.969. The number of carbonyl (C=O) groups excluding carboxylic acids is 1. The van der Waals surface area contributed by atoms with Gasteiger partial charge in [-0.25, -0.2) is 9.78 Å². The average Bonchev–Trinajstić information content (AvgIpc) is 2.82. The molecule has 2 aromatic carbocycles. The van der Waals surface area contributed by atoms with Crippen molar-refractivity contribution in [1.82, 2.24) is 14.8 Å². The monoisotopic (exact) mass is 468 g/mol. The number of ether oxygens (including phenoxy) is 1. The first-order valence-electron chi connectivity index (χ1n) is 10.6. The number of piperazine rings is 1. The van der Waals surface area contributed by atoms with Gasteiger partial charge in [-0.1, -0.05) is 17.7 Å². The van der Waals surface area contributed by atoms with E-state index in [0.717, 1.165) is 16.5 Å². The molecule has 1 saturated heterocycles. The van der Waals surface area contributed by atoms with Gasteiger partial charge < -0.3 is 25.4 Å². The molecule has 3 aromatic rings. The van der Waals surface area contributed by atoms with Gasteiger partial charge in [-0.2, -0.15) is 0 Å². The van der Waals surface area contributed by atoms with Crippen LogP contribution in [0.15, 0.2) is 42.5 Å². The number of rotatable bonds is 4. The third-order valence-corrected chi connectivity index (χ3v) is 6.28. The Morgan fingerprint density at radius 1 is 1.21 bits per heavy atom. The number of nitrogens with two attached hydrogens (primary N) is 1. The molecule has 1 atom stereocenters. The van der Waals surface area contributed by atoms with Crippen LogP contribution in [0.25, 0.3) is 22.2 Å². The number of aromatic nitrogens is 1. The summed E-state index contributed by atoms with van der Waals surface area (Å²) in [4.78, 5) is 32.2. The lowest BCUT2D eigenvalue weighted by molar-refractivity contribution is 0.0507. The quantitative estimate of drug-likeness (QED) is 0.602. The van der Waals surface area contributed by atoms with Crippen LogP contribution in [0.3, 0.4) is 0 Å². The highest BCUT2D eigenvalue weighted by molar-refractivity contribution is 6.35. The van der Waals surface area contributed by atoms with Gasteiger partial charge in [0, 0.05) is 54.3 Å². The van der Waals surface area contributed by atoms with Crippen LogP contribution in [0.5, 0.6) is 5.75 Å². The number of hydrogen-bond acceptors (Lipinski definition) is 5. The second-order valence-corrected chi connectivity index (χ2v) is 8.44. The number of amides is 2. The van der Waals surface area contributed by atoms with Gasteiger partial charge in [0.15, 0.2) is 0 Å². The van der Waals surface area contributed by atoms with E-state index in [1.807, 2.05) is 18.2 Å². The van der Waals surface area contributed by atoms with Gasteiger partial charge in [-0.3, -0.25) is 4.79 Å². The van der Waals surface area contributed by atoms with Gasteiger partial charge in [-0.15, -0.1) is 0 Å². The van der Waals surface area contributed by atoms with E-state index >= 15 is 0 Å². The van der Waals surface area contributed by atoms with Crippen molar-refractivity contribution < 1.29 is 19.4 Å². The van der Waals surface area contributed by atoms with Gasteiger partial charge in [0.1, 0.15) is 5.75 Å². The van der Waals surface area contributed by atoms with Crippen LogP contribution in [0.1, 0.15) is 22.8 Å². The van der Waals surface area contributed by atoms with Crippen LogP contribution in [-0.4, -0.2) is 64.7 Å². The van der Waals surface area contributed by atoms with Crippen LogP contribution >= 0.6 is 11.6 Å². The van der Waals surface area contributed by atoms with E-state index in [0.29, 0.717) is 47.2 Å². The molecule has 0 aliphatic carbocycles. The summed E-state index contributed by atoms with van der Waals surface area (Å²) in [6.45, 7) is 3.09. The molecule has 172 valence electrons. The molecule has 0 unspecified atom stereocenters. The van der Waals surface area contributed by atoms with E-state index in [1.165, 1.54) is 4.90 Å². The highest BCUT2D eigenvalue weighted by Gasteiger charge is 2.30. The first-order valence-corrected chi connectivity index (χ1v) is 11.0. The van der Waals surface area contributed by atoms with Crippen molar-refractivity contribution in [1.29, 1.82) is 0 Å². The van der Waals surface area contributed by atoms with Crippen molar-refractivity contribution in [3.63, 3.8) is 0 Å². The molecule has 0 radical (unpaired) electrons. The number of halogens is 1. The molecular weight excluding hydrogens is 444 g/mol. The number of methoxy groups -OCH3 is 1. The fourth-order valence-corrected chi connectivity index (χ4v) is 4.44. The Hall–Kier alpha value is -3.36. The Morgan fingerprint density at radius 3 is 2.67 bits per heavy atom. The Balaban J connectivity index is 1.66. The number of carbonyl (C=O) groups is 2. The topological polar surface area (TPSA) is 109 Å². The fourth-order valence-electron chi connectivity index (χ4n) is 4.17. The summed E-state index contributed by atoms with van der Waals surface area (Å²) in [5, 5.41) is 10.5. The highest BCUT2D eigenvalue weighted by atomic mass is 35.5. The average molecular weight is 469 g/mol. The standard InChI is InChI=1S/C24H25ClN4O4/c1-14-13-28(7-8-29(14)24(31)32)23(30)16-3-5-18-19(25)11-20(27-21(18)10-16)15-4-6-22(33-2)17(9-15)12-26/h3-6,9-11,14H,7-8,12-13,26H2,1-2H3,(H,31,32)/t14-/m0/s1. The minimum Gasteiger partial charge on any atom is -0.496 e. The van der Waals surface area contributed by atoms with E-state index in [2.05, 4.69) is 0 Å². The fraction of sp³-hybridized carbons (Fsp3) is 0.292. The molecule has 2 amide bonds. The normalized spacial score (nSPS) is 16.2. The predicted molar refractivity (Wildman–Crippen MR) is 127 cm³/mol. The maximum Gasteiger partial charge on any atom is 0.407 e. The van der Waals surface area contributed by atoms with Crippen LogP contribution < -0.4 is 10.5 Å². The lowest BCUT2D eigenvalue weighted by atomic mass is 10.0. The maximum atomic E-state index is 13.1. The molecule has 4 rings (SSSR count). The largest absolute Gasteiger partial charge is 0.496 e. The van der Waals surface area contributed by atoms with Gasteiger partial charge >= 0.3 is 6.09 Å². The number of benzene rings is 2. The molecule has 1 aliphatic rings. The number of nitrogens with zero attached hydrogens (tertiary/aromatic N) is 3. The number of pyridine rings is 1. The van der Waals surface area contributed by atoms with Crippen LogP contribution in [-0.2, 0) is 6.54 Å². The molecule has 2 heterocycles. The molecule has 3 N–H and O–H groups in total. The van der Waals surface area contributed by atoms with Crippen molar-refractivity contribution >= 4 is 34.5 Å². The van der Waals surface area contributed by atoms with Gasteiger partial charge in [0.05, 0.1) is 23.3 Å². The summed E-state index contributed by atoms with van der Waals surface area (Å²) >= 11 is 6.54. The summed E-state index contributed by atoms with van der Waals surface area (Å²) in [5.41, 5.74) is 9.29. The van der Waals surface area contributed by atoms with E-state index in [4.69, 9.17) is 27.1 Å². The maximum absolute atomic E-state index is 13.1. The Morgan fingerprint density at radius 2 is 2.00 bits per heavy atom. The van der Waals surface area contributed by atoms with E-state index in [-0.39, 0.29) is 18.5 Å². The first-order chi connectivity index (χ1) is 15.8. The lowest BCUT2D eigenvalue weighted by Gasteiger charge is -2.38. The SMILES string of the molecule is COc1ccc(-c2cc(Cl)c3ccc(C(=O)N4CCN(C(=O)O)[C@@H](C)C4)cc3n2)cc1CN. The Kier molecular flexibility index (Phi) is 6.40. The number of hydrogen-bond donors (Lipinski definition) is 2. The van der Waals surface area contributed by atoms with Crippen LogP contribution in [0.2, 0.25) is 5.02 Å². The highest BCUT2D eigenvalue weighted by Crippen LogP contribution is 2.31. The predicted octanol–water partition coefficient (Wildman–Crippen LogP) is 3.85. The van der Waals surface area contributed by atoms with Crippen molar-refractivity contribution in [3.8, 4) is 17.0 Å². The van der Waals surface area contributed by atoms with Crippen LogP contribution in [0, 0.1) is 0 Å². The van der Waals surface area contributed by atoms with E-state index < -0.39 is 6.09 Å². The molecule has 0 bridgehead atoms. The Labute approximate surface area is 196 Å². The van der Waals surface area contributed by atoms with Crippen molar-refractivity contribution in [2.45, 2.75) is 19.5 Å². The van der Waals surface area contributed by atoms with E-state index in [1.54, 1.807) is 43.2 Å². The summed E-state index contributed by atoms with van der Waals surface area (Å²) < 4.78 is 5.34. The lowest BCUT2D eigenvalue weighted by Crippen LogP contribution is -2.55. The molecule has 9 heteroatoms. The summed E-state index contributed by atoms with van der Waals surface area (Å²) in [6, 6.07) is 12.4. The van der Waals surface area contributed by atoms with Crippen molar-refractivity contribution in [2.24, 2.45) is 5.73 Å². The zero-order valence-corrected chi connectivity index (χ0v) is 19.2. The molecule has 0 saturated carbocycles. The molecule has 1 fully saturated rings. The second-order valence-electron chi connectivity index (χ2n) is 8.03. The van der Waals surface area contributed by atoms with Gasteiger partial charge in [0.2, 0.25) is 0 Å². The van der Waals surface area contributed by atoms with Crippen molar-refractivity contribution in [2.75, 3.05) is 26.7 Å². The third-order valence-electron chi connectivity index (χ3n) is 5.96. The van der Waals surface area contributed by atoms with Gasteiger partial charge in [-0.05, 0) is 43.3 Å². The smallest absolute Gasteiger partial charge is 0.407 e. The third kappa shape index (κ3) is 4.44. The van der Waals surface area contributed by atoms with Gasteiger partial charge in [0.25, 0.3) is 5.91 Å². The Bertz CT molecular complexity index is 1230. The summed E-state index contributed by atoms with van der Waals surface area (Å²) in [6.07, 6.45) is -0.969. The zero-order valence-electron chi connectivity index (χ0n) is 18.4.